The maximum absolute atomic E-state index is 5.70. The average molecular weight is 253 g/mol. The van der Waals surface area contributed by atoms with E-state index in [1.807, 2.05) is 53.4 Å². The van der Waals surface area contributed by atoms with Gasteiger partial charge in [0.2, 0.25) is 0 Å². The van der Waals surface area contributed by atoms with Gasteiger partial charge in [0.15, 0.2) is 5.76 Å². The summed E-state index contributed by atoms with van der Waals surface area (Å²) in [4.78, 5) is 0. The van der Waals surface area contributed by atoms with Crippen LogP contribution in [0.4, 0.5) is 0 Å². The van der Waals surface area contributed by atoms with Crippen molar-refractivity contribution in [2.75, 3.05) is 0 Å². The Morgan fingerprint density at radius 3 is 2.47 bits per heavy atom. The molecule has 0 aliphatic rings. The molecule has 0 fully saturated rings. The van der Waals surface area contributed by atoms with Crippen molar-refractivity contribution < 1.29 is 9.15 Å². The van der Waals surface area contributed by atoms with Crippen LogP contribution in [0.2, 0.25) is 0 Å². The molecule has 0 saturated heterocycles. The molecule has 1 aromatic carbocycles. The van der Waals surface area contributed by atoms with Crippen LogP contribution in [0.5, 0.6) is 0 Å². The molecule has 0 radical (unpaired) electrons. The smallest absolute Gasteiger partial charge is 0.153 e. The highest BCUT2D eigenvalue weighted by atomic mass is 16.5. The van der Waals surface area contributed by atoms with E-state index >= 15 is 0 Å². The topological polar surface area (TPSA) is 27.3 Å². The SMILES string of the molecule is c1ccc(COCc2occc2-n2cccc2)cc1. The summed E-state index contributed by atoms with van der Waals surface area (Å²) in [5.74, 6) is 0.840. The molecule has 0 unspecified atom stereocenters. The van der Waals surface area contributed by atoms with E-state index in [1.54, 1.807) is 6.26 Å². The summed E-state index contributed by atoms with van der Waals surface area (Å²) in [7, 11) is 0. The van der Waals surface area contributed by atoms with Crippen LogP contribution in [0, 0.1) is 0 Å². The Bertz CT molecular complexity index is 611. The monoisotopic (exact) mass is 253 g/mol. The summed E-state index contributed by atoms with van der Waals surface area (Å²) >= 11 is 0. The molecule has 2 heterocycles. The number of rotatable bonds is 5. The van der Waals surface area contributed by atoms with Crippen molar-refractivity contribution in [2.45, 2.75) is 13.2 Å². The third-order valence-electron chi connectivity index (χ3n) is 2.95. The molecule has 0 spiro atoms. The van der Waals surface area contributed by atoms with Crippen molar-refractivity contribution in [3.63, 3.8) is 0 Å². The number of ether oxygens (including phenoxy) is 1. The van der Waals surface area contributed by atoms with E-state index in [2.05, 4.69) is 12.1 Å². The zero-order valence-corrected chi connectivity index (χ0v) is 10.5. The second kappa shape index (κ2) is 5.59. The van der Waals surface area contributed by atoms with E-state index in [1.165, 1.54) is 0 Å². The zero-order valence-electron chi connectivity index (χ0n) is 10.5. The molecule has 19 heavy (non-hydrogen) atoms. The lowest BCUT2D eigenvalue weighted by molar-refractivity contribution is 0.0929. The number of benzene rings is 1. The first-order valence-electron chi connectivity index (χ1n) is 6.25. The summed E-state index contributed by atoms with van der Waals surface area (Å²) in [6.45, 7) is 1.06. The van der Waals surface area contributed by atoms with Crippen molar-refractivity contribution in [3.05, 3.63) is 78.5 Å². The molecule has 0 saturated carbocycles. The summed E-state index contributed by atoms with van der Waals surface area (Å²) < 4.78 is 13.2. The van der Waals surface area contributed by atoms with Gasteiger partial charge < -0.3 is 13.7 Å². The first-order valence-corrected chi connectivity index (χ1v) is 6.25. The van der Waals surface area contributed by atoms with E-state index < -0.39 is 0 Å². The van der Waals surface area contributed by atoms with E-state index in [0.29, 0.717) is 13.2 Å². The molecule has 3 aromatic rings. The van der Waals surface area contributed by atoms with Crippen molar-refractivity contribution in [1.29, 1.82) is 0 Å². The van der Waals surface area contributed by atoms with Crippen LogP contribution in [-0.4, -0.2) is 4.57 Å². The van der Waals surface area contributed by atoms with Gasteiger partial charge >= 0.3 is 0 Å². The first-order chi connectivity index (χ1) is 9.43. The zero-order chi connectivity index (χ0) is 12.9. The van der Waals surface area contributed by atoms with E-state index in [4.69, 9.17) is 9.15 Å². The predicted molar refractivity (Wildman–Crippen MR) is 73.0 cm³/mol. The Morgan fingerprint density at radius 2 is 1.68 bits per heavy atom. The minimum atomic E-state index is 0.468. The number of hydrogen-bond donors (Lipinski definition) is 0. The minimum Gasteiger partial charge on any atom is -0.465 e. The van der Waals surface area contributed by atoms with Crippen LogP contribution >= 0.6 is 0 Å². The Labute approximate surface area is 112 Å². The second-order valence-corrected chi connectivity index (χ2v) is 4.30. The van der Waals surface area contributed by atoms with Gasteiger partial charge in [-0.05, 0) is 17.7 Å². The third-order valence-corrected chi connectivity index (χ3v) is 2.95. The standard InChI is InChI=1S/C16H15NO2/c1-2-6-14(7-3-1)12-18-13-16-15(8-11-19-16)17-9-4-5-10-17/h1-11H,12-13H2. The molecular formula is C16H15NO2. The lowest BCUT2D eigenvalue weighted by atomic mass is 10.2. The van der Waals surface area contributed by atoms with Crippen LogP contribution < -0.4 is 0 Å². The maximum Gasteiger partial charge on any atom is 0.153 e. The molecule has 0 atom stereocenters. The van der Waals surface area contributed by atoms with Gasteiger partial charge in [0.05, 0.1) is 18.6 Å². The second-order valence-electron chi connectivity index (χ2n) is 4.30. The molecule has 3 nitrogen and oxygen atoms in total. The van der Waals surface area contributed by atoms with Gasteiger partial charge in [0, 0.05) is 18.5 Å². The number of nitrogens with zero attached hydrogens (tertiary/aromatic N) is 1. The molecule has 0 aliphatic carbocycles. The summed E-state index contributed by atoms with van der Waals surface area (Å²) in [5, 5.41) is 0. The van der Waals surface area contributed by atoms with E-state index in [0.717, 1.165) is 17.0 Å². The molecule has 2 aromatic heterocycles. The first kappa shape index (κ1) is 11.8. The fourth-order valence-corrected chi connectivity index (χ4v) is 2.00. The number of aromatic nitrogens is 1. The number of hydrogen-bond acceptors (Lipinski definition) is 2. The normalized spacial score (nSPS) is 10.7. The predicted octanol–water partition coefficient (Wildman–Crippen LogP) is 3.79. The van der Waals surface area contributed by atoms with Crippen molar-refractivity contribution in [2.24, 2.45) is 0 Å². The lowest BCUT2D eigenvalue weighted by Gasteiger charge is -2.05. The quantitative estimate of drug-likeness (QED) is 0.691. The lowest BCUT2D eigenvalue weighted by Crippen LogP contribution is -1.97. The van der Waals surface area contributed by atoms with Crippen LogP contribution in [0.25, 0.3) is 5.69 Å². The Morgan fingerprint density at radius 1 is 0.895 bits per heavy atom. The van der Waals surface area contributed by atoms with Gasteiger partial charge in [-0.1, -0.05) is 30.3 Å². The van der Waals surface area contributed by atoms with Crippen LogP contribution in [0.3, 0.4) is 0 Å². The fraction of sp³-hybridized carbons (Fsp3) is 0.125. The molecule has 0 bridgehead atoms. The molecular weight excluding hydrogens is 238 g/mol. The minimum absolute atomic E-state index is 0.468. The van der Waals surface area contributed by atoms with Crippen LogP contribution in [0.1, 0.15) is 11.3 Å². The highest BCUT2D eigenvalue weighted by molar-refractivity contribution is 5.35. The fourth-order valence-electron chi connectivity index (χ4n) is 2.00. The summed E-state index contributed by atoms with van der Waals surface area (Å²) in [5.41, 5.74) is 2.19. The number of furan rings is 1. The Hall–Kier alpha value is -2.26. The average Bonchev–Trinajstić information content (AvgIpc) is 3.10. The Balaban J connectivity index is 1.64. The van der Waals surface area contributed by atoms with Crippen molar-refractivity contribution in [3.8, 4) is 5.69 Å². The van der Waals surface area contributed by atoms with E-state index in [9.17, 15) is 0 Å². The van der Waals surface area contributed by atoms with Gasteiger partial charge in [-0.25, -0.2) is 0 Å². The molecule has 96 valence electrons. The van der Waals surface area contributed by atoms with Gasteiger partial charge in [0.25, 0.3) is 0 Å². The van der Waals surface area contributed by atoms with Gasteiger partial charge in [-0.3, -0.25) is 0 Å². The summed E-state index contributed by atoms with van der Waals surface area (Å²) in [6.07, 6.45) is 5.67. The van der Waals surface area contributed by atoms with Gasteiger partial charge in [0.1, 0.15) is 6.61 Å². The molecule has 3 rings (SSSR count). The molecule has 0 aliphatic heterocycles. The maximum atomic E-state index is 5.70. The third kappa shape index (κ3) is 2.77. The van der Waals surface area contributed by atoms with Crippen LogP contribution in [0.15, 0.2) is 71.6 Å². The van der Waals surface area contributed by atoms with Crippen LogP contribution in [-0.2, 0) is 18.0 Å². The van der Waals surface area contributed by atoms with Gasteiger partial charge in [-0.2, -0.15) is 0 Å². The molecule has 0 amide bonds. The van der Waals surface area contributed by atoms with E-state index in [-0.39, 0.29) is 0 Å². The molecule has 0 N–H and O–H groups in total. The highest BCUT2D eigenvalue weighted by Gasteiger charge is 2.07. The largest absolute Gasteiger partial charge is 0.465 e. The van der Waals surface area contributed by atoms with Gasteiger partial charge in [-0.15, -0.1) is 0 Å². The molecule has 3 heteroatoms. The highest BCUT2D eigenvalue weighted by Crippen LogP contribution is 2.17. The Kier molecular flexibility index (Phi) is 3.47. The summed E-state index contributed by atoms with van der Waals surface area (Å²) in [6, 6.07) is 16.0. The van der Waals surface area contributed by atoms with Crippen molar-refractivity contribution in [1.82, 2.24) is 4.57 Å². The van der Waals surface area contributed by atoms with Crippen molar-refractivity contribution >= 4 is 0 Å².